The third-order valence-corrected chi connectivity index (χ3v) is 9.65. The second-order valence-corrected chi connectivity index (χ2v) is 12.6. The number of nitrogens with zero attached hydrogens (tertiary/aromatic N) is 4. The predicted octanol–water partition coefficient (Wildman–Crippen LogP) is 4.91. The van der Waals surface area contributed by atoms with E-state index in [0.29, 0.717) is 53.8 Å². The van der Waals surface area contributed by atoms with Crippen molar-refractivity contribution in [3.8, 4) is 0 Å². The van der Waals surface area contributed by atoms with Crippen molar-refractivity contribution in [3.05, 3.63) is 88.4 Å². The summed E-state index contributed by atoms with van der Waals surface area (Å²) in [5.41, 5.74) is 3.27. The number of likely N-dealkylation sites (N-methyl/N-ethyl adjacent to an activating group) is 1. The maximum absolute atomic E-state index is 13.6. The van der Waals surface area contributed by atoms with Crippen LogP contribution >= 0.6 is 22.9 Å². The zero-order chi connectivity index (χ0) is 26.2. The molecule has 1 amide bonds. The van der Waals surface area contributed by atoms with Gasteiger partial charge in [0.25, 0.3) is 5.91 Å². The molecule has 0 aliphatic carbocycles. The van der Waals surface area contributed by atoms with Crippen molar-refractivity contribution in [1.82, 2.24) is 14.2 Å². The molecular weight excluding hydrogens is 528 g/mol. The van der Waals surface area contributed by atoms with E-state index >= 15 is 0 Å². The van der Waals surface area contributed by atoms with Crippen molar-refractivity contribution in [2.24, 2.45) is 0 Å². The van der Waals surface area contributed by atoms with Crippen molar-refractivity contribution in [1.29, 1.82) is 0 Å². The lowest BCUT2D eigenvalue weighted by Gasteiger charge is -2.28. The van der Waals surface area contributed by atoms with Crippen LogP contribution in [0.2, 0.25) is 5.02 Å². The first-order chi connectivity index (χ1) is 17.7. The molecule has 1 aliphatic heterocycles. The Labute approximate surface area is 226 Å². The van der Waals surface area contributed by atoms with Crippen LogP contribution in [0.5, 0.6) is 0 Å². The van der Waals surface area contributed by atoms with Crippen molar-refractivity contribution in [2.45, 2.75) is 17.9 Å². The van der Waals surface area contributed by atoms with E-state index in [1.807, 2.05) is 55.4 Å². The summed E-state index contributed by atoms with van der Waals surface area (Å²) in [6, 6.07) is 19.7. The number of para-hydroxylation sites is 1. The highest BCUT2D eigenvalue weighted by atomic mass is 35.5. The highest BCUT2D eigenvalue weighted by Gasteiger charge is 2.29. The summed E-state index contributed by atoms with van der Waals surface area (Å²) in [6.07, 6.45) is 0.680. The molecule has 10 heteroatoms. The van der Waals surface area contributed by atoms with E-state index in [4.69, 9.17) is 11.6 Å². The van der Waals surface area contributed by atoms with E-state index in [1.165, 1.54) is 33.3 Å². The molecule has 37 heavy (non-hydrogen) atoms. The lowest BCUT2D eigenvalue weighted by atomic mass is 10.0. The molecule has 0 saturated heterocycles. The number of hydrogen-bond acceptors (Lipinski definition) is 6. The largest absolute Gasteiger partial charge is 0.308 e. The van der Waals surface area contributed by atoms with Gasteiger partial charge >= 0.3 is 0 Å². The molecule has 0 atom stereocenters. The quantitative estimate of drug-likeness (QED) is 0.325. The van der Waals surface area contributed by atoms with Crippen LogP contribution in [-0.4, -0.2) is 62.2 Å². The van der Waals surface area contributed by atoms with Crippen LogP contribution in [0, 0.1) is 0 Å². The van der Waals surface area contributed by atoms with Gasteiger partial charge in [-0.2, -0.15) is 4.31 Å². The number of rotatable bonds is 7. The normalized spacial score (nSPS) is 14.2. The van der Waals surface area contributed by atoms with Gasteiger partial charge < -0.3 is 4.90 Å². The van der Waals surface area contributed by atoms with Gasteiger partial charge in [0, 0.05) is 31.7 Å². The number of aromatic nitrogens is 1. The number of benzene rings is 3. The summed E-state index contributed by atoms with van der Waals surface area (Å²) in [7, 11) is 0.196. The minimum Gasteiger partial charge on any atom is -0.308 e. The number of carbonyl (C=O) groups excluding carboxylic acids is 1. The fourth-order valence-electron chi connectivity index (χ4n) is 4.35. The first-order valence-electron chi connectivity index (χ1n) is 11.9. The van der Waals surface area contributed by atoms with Crippen molar-refractivity contribution in [2.75, 3.05) is 38.6 Å². The van der Waals surface area contributed by atoms with E-state index in [2.05, 4.69) is 4.98 Å². The molecule has 192 valence electrons. The Morgan fingerprint density at radius 3 is 2.43 bits per heavy atom. The van der Waals surface area contributed by atoms with Gasteiger partial charge in [0.2, 0.25) is 10.0 Å². The average Bonchev–Trinajstić information content (AvgIpc) is 3.33. The van der Waals surface area contributed by atoms with Crippen molar-refractivity contribution < 1.29 is 13.2 Å². The van der Waals surface area contributed by atoms with Gasteiger partial charge in [-0.05, 0) is 68.0 Å². The molecule has 1 aromatic heterocycles. The summed E-state index contributed by atoms with van der Waals surface area (Å²) in [4.78, 5) is 22.0. The Morgan fingerprint density at radius 2 is 1.73 bits per heavy atom. The number of carbonyl (C=O) groups is 1. The van der Waals surface area contributed by atoms with Gasteiger partial charge in [0.15, 0.2) is 5.13 Å². The molecular formula is C27H27ClN4O3S2. The molecule has 5 rings (SSSR count). The molecule has 0 saturated carbocycles. The highest BCUT2D eigenvalue weighted by molar-refractivity contribution is 7.89. The minimum absolute atomic E-state index is 0.176. The Kier molecular flexibility index (Phi) is 7.33. The summed E-state index contributed by atoms with van der Waals surface area (Å²) in [5, 5.41) is 1.09. The Bertz CT molecular complexity index is 1550. The van der Waals surface area contributed by atoms with Gasteiger partial charge in [-0.15, -0.1) is 0 Å². The van der Waals surface area contributed by atoms with Gasteiger partial charge in [0.05, 0.1) is 14.6 Å². The summed E-state index contributed by atoms with van der Waals surface area (Å²) in [5.74, 6) is -0.243. The first kappa shape index (κ1) is 25.8. The fourth-order valence-corrected chi connectivity index (χ4v) is 7.06. The number of anilines is 1. The van der Waals surface area contributed by atoms with E-state index < -0.39 is 10.0 Å². The van der Waals surface area contributed by atoms with Crippen molar-refractivity contribution in [3.63, 3.8) is 0 Å². The minimum atomic E-state index is -3.69. The fraction of sp³-hybridized carbons (Fsp3) is 0.259. The van der Waals surface area contributed by atoms with Crippen molar-refractivity contribution >= 4 is 54.2 Å². The molecule has 0 spiro atoms. The highest BCUT2D eigenvalue weighted by Crippen LogP contribution is 2.33. The average molecular weight is 555 g/mol. The smallest absolute Gasteiger partial charge is 0.260 e. The van der Waals surface area contributed by atoms with Crippen LogP contribution in [0.25, 0.3) is 10.2 Å². The van der Waals surface area contributed by atoms with E-state index in [-0.39, 0.29) is 10.8 Å². The molecule has 0 unspecified atom stereocenters. The zero-order valence-corrected chi connectivity index (χ0v) is 23.0. The maximum Gasteiger partial charge on any atom is 0.260 e. The lowest BCUT2D eigenvalue weighted by Crippen LogP contribution is -2.37. The van der Waals surface area contributed by atoms with Gasteiger partial charge in [-0.1, -0.05) is 53.3 Å². The number of thiazole rings is 1. The molecule has 4 aromatic rings. The number of sulfonamides is 1. The molecule has 7 nitrogen and oxygen atoms in total. The van der Waals surface area contributed by atoms with Gasteiger partial charge in [0.1, 0.15) is 5.52 Å². The van der Waals surface area contributed by atoms with E-state index in [0.717, 1.165) is 10.3 Å². The number of amides is 1. The zero-order valence-electron chi connectivity index (χ0n) is 20.6. The second kappa shape index (κ2) is 10.5. The van der Waals surface area contributed by atoms with Crippen LogP contribution in [0.4, 0.5) is 5.13 Å². The summed E-state index contributed by atoms with van der Waals surface area (Å²) < 4.78 is 29.1. The lowest BCUT2D eigenvalue weighted by molar-refractivity contribution is 0.0985. The molecule has 0 radical (unpaired) electrons. The van der Waals surface area contributed by atoms with E-state index in [1.54, 1.807) is 23.1 Å². The maximum atomic E-state index is 13.6. The SMILES string of the molecule is CN(C)CCN(C(=O)c1ccc(S(=O)(=O)N2CCc3ccccc3C2)cc1)c1nc2c(Cl)cccc2s1. The summed E-state index contributed by atoms with van der Waals surface area (Å²) in [6.45, 7) is 1.84. The van der Waals surface area contributed by atoms with Crippen LogP contribution < -0.4 is 4.90 Å². The van der Waals surface area contributed by atoms with Crippen LogP contribution in [-0.2, 0) is 23.0 Å². The number of hydrogen-bond donors (Lipinski definition) is 0. The standard InChI is InChI=1S/C27H27ClN4O3S2/c1-30(2)16-17-32(27-29-25-23(28)8-5-9-24(25)36-27)26(33)20-10-12-22(13-11-20)37(34,35)31-15-14-19-6-3-4-7-21(19)18-31/h3-13H,14-18H2,1-2H3. The third-order valence-electron chi connectivity index (χ3n) is 6.44. The predicted molar refractivity (Wildman–Crippen MR) is 149 cm³/mol. The molecule has 0 fully saturated rings. The topological polar surface area (TPSA) is 73.8 Å². The van der Waals surface area contributed by atoms with E-state index in [9.17, 15) is 13.2 Å². The van der Waals surface area contributed by atoms with Crippen LogP contribution in [0.3, 0.4) is 0 Å². The molecule has 0 N–H and O–H groups in total. The van der Waals surface area contributed by atoms with Crippen LogP contribution in [0.1, 0.15) is 21.5 Å². The molecule has 2 heterocycles. The molecule has 1 aliphatic rings. The van der Waals surface area contributed by atoms with Crippen LogP contribution in [0.15, 0.2) is 71.6 Å². The summed E-state index contributed by atoms with van der Waals surface area (Å²) >= 11 is 7.73. The molecule has 3 aromatic carbocycles. The molecule has 0 bridgehead atoms. The Hall–Kier alpha value is -2.82. The Morgan fingerprint density at radius 1 is 1.00 bits per heavy atom. The monoisotopic (exact) mass is 554 g/mol. The number of halogens is 1. The van der Waals surface area contributed by atoms with Gasteiger partial charge in [-0.3, -0.25) is 9.69 Å². The first-order valence-corrected chi connectivity index (χ1v) is 14.6. The van der Waals surface area contributed by atoms with Gasteiger partial charge in [-0.25, -0.2) is 13.4 Å². The Balaban J connectivity index is 1.40. The number of fused-ring (bicyclic) bond motifs is 2. The third kappa shape index (κ3) is 5.28. The second-order valence-electron chi connectivity index (χ2n) is 9.22.